The summed E-state index contributed by atoms with van der Waals surface area (Å²) in [6.07, 6.45) is 1.60. The van der Waals surface area contributed by atoms with Gasteiger partial charge in [0.15, 0.2) is 5.82 Å². The highest BCUT2D eigenvalue weighted by Gasteiger charge is 2.29. The number of hydrogen-bond acceptors (Lipinski definition) is 4. The van der Waals surface area contributed by atoms with Crippen LogP contribution in [0.15, 0.2) is 30.6 Å². The molecule has 1 amide bonds. The molecule has 0 N–H and O–H groups in total. The van der Waals surface area contributed by atoms with Crippen LogP contribution in [0.3, 0.4) is 0 Å². The number of morpholine rings is 1. The standard InChI is InChI=1S/C17H21FN4O2/c1-12(13-5-3-4-6-14(13)18)9-16(23)22-7-8-24-15(10-22)17-20-19-11-21(17)2/h3-6,11-12,15H,7-10H2,1-2H3. The number of hydrogen-bond donors (Lipinski definition) is 0. The Kier molecular flexibility index (Phi) is 4.89. The van der Waals surface area contributed by atoms with E-state index in [1.165, 1.54) is 6.07 Å². The van der Waals surface area contributed by atoms with Gasteiger partial charge in [0.25, 0.3) is 0 Å². The number of ether oxygens (including phenoxy) is 1. The number of carbonyl (C=O) groups is 1. The minimum atomic E-state index is -0.279. The zero-order valence-corrected chi connectivity index (χ0v) is 13.9. The summed E-state index contributed by atoms with van der Waals surface area (Å²) in [5.74, 6) is 0.266. The van der Waals surface area contributed by atoms with Gasteiger partial charge < -0.3 is 14.2 Å². The molecule has 2 aromatic rings. The number of aryl methyl sites for hydroxylation is 1. The van der Waals surface area contributed by atoms with E-state index in [2.05, 4.69) is 10.2 Å². The first-order chi connectivity index (χ1) is 11.6. The molecule has 0 aliphatic carbocycles. The van der Waals surface area contributed by atoms with Gasteiger partial charge in [-0.2, -0.15) is 0 Å². The molecule has 0 radical (unpaired) electrons. The molecule has 2 heterocycles. The lowest BCUT2D eigenvalue weighted by Gasteiger charge is -2.33. The van der Waals surface area contributed by atoms with Crippen molar-refractivity contribution in [3.8, 4) is 0 Å². The molecule has 1 aliphatic rings. The Bertz CT molecular complexity index is 718. The van der Waals surface area contributed by atoms with Crippen LogP contribution in [0, 0.1) is 5.82 Å². The van der Waals surface area contributed by atoms with Crippen LogP contribution in [0.5, 0.6) is 0 Å². The number of halogens is 1. The molecule has 1 aliphatic heterocycles. The Morgan fingerprint density at radius 3 is 2.96 bits per heavy atom. The maximum absolute atomic E-state index is 13.9. The molecule has 7 heteroatoms. The molecule has 1 aromatic carbocycles. The third-order valence-corrected chi connectivity index (χ3v) is 4.37. The van der Waals surface area contributed by atoms with Gasteiger partial charge in [0, 0.05) is 20.0 Å². The van der Waals surface area contributed by atoms with E-state index >= 15 is 0 Å². The lowest BCUT2D eigenvalue weighted by Crippen LogP contribution is -2.43. The predicted molar refractivity (Wildman–Crippen MR) is 85.7 cm³/mol. The van der Waals surface area contributed by atoms with Crippen molar-refractivity contribution in [2.24, 2.45) is 7.05 Å². The van der Waals surface area contributed by atoms with Gasteiger partial charge in [-0.25, -0.2) is 4.39 Å². The summed E-state index contributed by atoms with van der Waals surface area (Å²) in [4.78, 5) is 14.4. The van der Waals surface area contributed by atoms with Crippen LogP contribution in [0.4, 0.5) is 4.39 Å². The summed E-state index contributed by atoms with van der Waals surface area (Å²) in [5.41, 5.74) is 0.573. The molecule has 2 unspecified atom stereocenters. The fourth-order valence-electron chi connectivity index (χ4n) is 2.99. The Labute approximate surface area is 140 Å². The van der Waals surface area contributed by atoms with Crippen molar-refractivity contribution in [3.05, 3.63) is 47.8 Å². The molecule has 2 atom stereocenters. The van der Waals surface area contributed by atoms with E-state index in [-0.39, 0.29) is 30.2 Å². The molecular formula is C17H21FN4O2. The molecule has 0 spiro atoms. The topological polar surface area (TPSA) is 60.3 Å². The number of benzene rings is 1. The largest absolute Gasteiger partial charge is 0.366 e. The third kappa shape index (κ3) is 3.46. The fraction of sp³-hybridized carbons (Fsp3) is 0.471. The van der Waals surface area contributed by atoms with Crippen LogP contribution in [0.2, 0.25) is 0 Å². The Morgan fingerprint density at radius 1 is 1.46 bits per heavy atom. The second kappa shape index (κ2) is 7.09. The van der Waals surface area contributed by atoms with Crippen molar-refractivity contribution in [2.45, 2.75) is 25.4 Å². The first kappa shape index (κ1) is 16.6. The normalized spacial score (nSPS) is 19.3. The number of carbonyl (C=O) groups excluding carboxylic acids is 1. The molecule has 1 saturated heterocycles. The van der Waals surface area contributed by atoms with Gasteiger partial charge in [0.2, 0.25) is 5.91 Å². The first-order valence-corrected chi connectivity index (χ1v) is 8.04. The summed E-state index contributed by atoms with van der Waals surface area (Å²) >= 11 is 0. The van der Waals surface area contributed by atoms with E-state index in [0.717, 1.165) is 0 Å². The highest BCUT2D eigenvalue weighted by atomic mass is 19.1. The third-order valence-electron chi connectivity index (χ3n) is 4.37. The van der Waals surface area contributed by atoms with Crippen LogP contribution >= 0.6 is 0 Å². The van der Waals surface area contributed by atoms with Gasteiger partial charge in [-0.3, -0.25) is 4.79 Å². The van der Waals surface area contributed by atoms with Gasteiger partial charge >= 0.3 is 0 Å². The molecule has 6 nitrogen and oxygen atoms in total. The van der Waals surface area contributed by atoms with Crippen molar-refractivity contribution in [3.63, 3.8) is 0 Å². The summed E-state index contributed by atoms with van der Waals surface area (Å²) in [7, 11) is 1.85. The minimum absolute atomic E-state index is 0.00113. The van der Waals surface area contributed by atoms with E-state index in [9.17, 15) is 9.18 Å². The van der Waals surface area contributed by atoms with Crippen molar-refractivity contribution < 1.29 is 13.9 Å². The second-order valence-corrected chi connectivity index (χ2v) is 6.13. The van der Waals surface area contributed by atoms with Gasteiger partial charge in [-0.1, -0.05) is 25.1 Å². The average molecular weight is 332 g/mol. The first-order valence-electron chi connectivity index (χ1n) is 8.04. The summed E-state index contributed by atoms with van der Waals surface area (Å²) in [6.45, 7) is 3.31. The second-order valence-electron chi connectivity index (χ2n) is 6.13. The summed E-state index contributed by atoms with van der Waals surface area (Å²) in [6, 6.07) is 6.60. The van der Waals surface area contributed by atoms with Crippen molar-refractivity contribution in [1.82, 2.24) is 19.7 Å². The van der Waals surface area contributed by atoms with Crippen LogP contribution in [0.1, 0.15) is 36.8 Å². The maximum atomic E-state index is 13.9. The lowest BCUT2D eigenvalue weighted by atomic mass is 9.96. The molecule has 0 bridgehead atoms. The SMILES string of the molecule is CC(CC(=O)N1CCOC(c2nncn2C)C1)c1ccccc1F. The van der Waals surface area contributed by atoms with Gasteiger partial charge in [0.1, 0.15) is 18.2 Å². The molecule has 128 valence electrons. The highest BCUT2D eigenvalue weighted by molar-refractivity contribution is 5.77. The summed E-state index contributed by atoms with van der Waals surface area (Å²) in [5, 5.41) is 7.91. The van der Waals surface area contributed by atoms with E-state index in [0.29, 0.717) is 31.1 Å². The van der Waals surface area contributed by atoms with E-state index in [1.54, 1.807) is 34.0 Å². The zero-order valence-electron chi connectivity index (χ0n) is 13.9. The van der Waals surface area contributed by atoms with Gasteiger partial charge in [0.05, 0.1) is 13.2 Å². The van der Waals surface area contributed by atoms with Crippen LogP contribution in [-0.2, 0) is 16.6 Å². The molecule has 1 aromatic heterocycles. The van der Waals surface area contributed by atoms with Crippen LogP contribution in [0.25, 0.3) is 0 Å². The molecular weight excluding hydrogens is 311 g/mol. The molecule has 1 fully saturated rings. The van der Waals surface area contributed by atoms with E-state index in [1.807, 2.05) is 14.0 Å². The Hall–Kier alpha value is -2.28. The minimum Gasteiger partial charge on any atom is -0.366 e. The fourth-order valence-corrected chi connectivity index (χ4v) is 2.99. The lowest BCUT2D eigenvalue weighted by molar-refractivity contribution is -0.139. The number of aromatic nitrogens is 3. The predicted octanol–water partition coefficient (Wildman–Crippen LogP) is 2.05. The summed E-state index contributed by atoms with van der Waals surface area (Å²) < 4.78 is 21.4. The zero-order chi connectivity index (χ0) is 17.1. The van der Waals surface area contributed by atoms with Crippen LogP contribution < -0.4 is 0 Å². The number of rotatable bonds is 4. The number of nitrogens with zero attached hydrogens (tertiary/aromatic N) is 4. The van der Waals surface area contributed by atoms with Crippen molar-refractivity contribution in [2.75, 3.05) is 19.7 Å². The average Bonchev–Trinajstić information content (AvgIpc) is 3.01. The Morgan fingerprint density at radius 2 is 2.25 bits per heavy atom. The Balaban J connectivity index is 1.64. The van der Waals surface area contributed by atoms with Gasteiger partial charge in [-0.15, -0.1) is 10.2 Å². The quantitative estimate of drug-likeness (QED) is 0.860. The van der Waals surface area contributed by atoms with Gasteiger partial charge in [-0.05, 0) is 17.5 Å². The molecule has 0 saturated carbocycles. The smallest absolute Gasteiger partial charge is 0.223 e. The van der Waals surface area contributed by atoms with E-state index in [4.69, 9.17) is 4.74 Å². The van der Waals surface area contributed by atoms with E-state index < -0.39 is 0 Å². The van der Waals surface area contributed by atoms with Crippen LogP contribution in [-0.4, -0.2) is 45.3 Å². The molecule has 3 rings (SSSR count). The van der Waals surface area contributed by atoms with Crippen molar-refractivity contribution >= 4 is 5.91 Å². The molecule has 24 heavy (non-hydrogen) atoms. The monoisotopic (exact) mass is 332 g/mol. The number of amides is 1. The highest BCUT2D eigenvalue weighted by Crippen LogP contribution is 2.25. The maximum Gasteiger partial charge on any atom is 0.223 e. The van der Waals surface area contributed by atoms with Crippen molar-refractivity contribution in [1.29, 1.82) is 0 Å².